The summed E-state index contributed by atoms with van der Waals surface area (Å²) in [6, 6.07) is -1.77. The van der Waals surface area contributed by atoms with Gasteiger partial charge in [-0.15, -0.1) is 0 Å². The molecule has 8 nitrogen and oxygen atoms in total. The van der Waals surface area contributed by atoms with E-state index in [1.54, 1.807) is 27.7 Å². The minimum atomic E-state index is -3.95. The number of carbonyl (C=O) groups excluding carboxylic acids is 2. The SMILES string of the molecule is CCNC(=O)[C@H](C)NS(=O)(=O)N1CCC[C@H]1C(=O)OC(C)(C)C. The van der Waals surface area contributed by atoms with Crippen LogP contribution in [-0.4, -0.2) is 55.4 Å². The molecule has 2 N–H and O–H groups in total. The molecule has 1 heterocycles. The number of ether oxygens (including phenoxy) is 1. The summed E-state index contributed by atoms with van der Waals surface area (Å²) < 4.78 is 33.6. The normalized spacial score (nSPS) is 21.0. The average Bonchev–Trinajstić information content (AvgIpc) is 2.86. The van der Waals surface area contributed by atoms with Crippen LogP contribution in [0.2, 0.25) is 0 Å². The second kappa shape index (κ2) is 7.59. The molecule has 0 aliphatic carbocycles. The zero-order valence-corrected chi connectivity index (χ0v) is 15.2. The van der Waals surface area contributed by atoms with Crippen molar-refractivity contribution >= 4 is 22.1 Å². The summed E-state index contributed by atoms with van der Waals surface area (Å²) in [6.07, 6.45) is 0.978. The molecule has 1 aliphatic heterocycles. The van der Waals surface area contributed by atoms with Crippen LogP contribution in [0.15, 0.2) is 0 Å². The van der Waals surface area contributed by atoms with Gasteiger partial charge in [0.15, 0.2) is 0 Å². The van der Waals surface area contributed by atoms with Crippen LogP contribution in [-0.2, 0) is 24.5 Å². The highest BCUT2D eigenvalue weighted by Crippen LogP contribution is 2.23. The van der Waals surface area contributed by atoms with Crippen LogP contribution in [0.4, 0.5) is 0 Å². The van der Waals surface area contributed by atoms with E-state index in [4.69, 9.17) is 4.74 Å². The van der Waals surface area contributed by atoms with E-state index in [1.807, 2.05) is 0 Å². The standard InChI is InChI=1S/C14H27N3O5S/c1-6-15-12(18)10(2)16-23(20,21)17-9-7-8-11(17)13(19)22-14(3,4)5/h10-11,16H,6-9H2,1-5H3,(H,15,18)/t10-,11-/m0/s1. The molecular formula is C14H27N3O5S. The first-order valence-electron chi connectivity index (χ1n) is 7.77. The monoisotopic (exact) mass is 349 g/mol. The number of likely N-dealkylation sites (N-methyl/N-ethyl adjacent to an activating group) is 1. The Hall–Kier alpha value is -1.19. The molecule has 1 saturated heterocycles. The summed E-state index contributed by atoms with van der Waals surface area (Å²) in [4.78, 5) is 23.9. The van der Waals surface area contributed by atoms with Crippen LogP contribution in [0, 0.1) is 0 Å². The molecule has 1 amide bonds. The van der Waals surface area contributed by atoms with Crippen LogP contribution < -0.4 is 10.0 Å². The van der Waals surface area contributed by atoms with Gasteiger partial charge in [-0.05, 0) is 47.5 Å². The molecule has 23 heavy (non-hydrogen) atoms. The maximum atomic E-state index is 12.5. The Kier molecular flexibility index (Phi) is 6.55. The van der Waals surface area contributed by atoms with E-state index in [1.165, 1.54) is 6.92 Å². The molecule has 0 aromatic carbocycles. The Morgan fingerprint density at radius 1 is 1.35 bits per heavy atom. The van der Waals surface area contributed by atoms with Crippen molar-refractivity contribution < 1.29 is 22.7 Å². The van der Waals surface area contributed by atoms with Crippen LogP contribution in [0.1, 0.15) is 47.5 Å². The van der Waals surface area contributed by atoms with Gasteiger partial charge in [0.1, 0.15) is 11.6 Å². The van der Waals surface area contributed by atoms with Gasteiger partial charge in [0.2, 0.25) is 5.91 Å². The van der Waals surface area contributed by atoms with Crippen molar-refractivity contribution in [1.29, 1.82) is 0 Å². The third-order valence-corrected chi connectivity index (χ3v) is 4.97. The van der Waals surface area contributed by atoms with E-state index in [-0.39, 0.29) is 6.54 Å². The average molecular weight is 349 g/mol. The highest BCUT2D eigenvalue weighted by molar-refractivity contribution is 7.87. The second-order valence-electron chi connectivity index (χ2n) is 6.54. The number of amides is 1. The summed E-state index contributed by atoms with van der Waals surface area (Å²) in [5.41, 5.74) is -0.684. The van der Waals surface area contributed by atoms with E-state index in [0.29, 0.717) is 19.4 Å². The molecule has 1 aliphatic rings. The zero-order chi connectivity index (χ0) is 17.8. The first-order chi connectivity index (χ1) is 10.5. The topological polar surface area (TPSA) is 105 Å². The van der Waals surface area contributed by atoms with Crippen molar-refractivity contribution in [2.75, 3.05) is 13.1 Å². The Balaban J connectivity index is 2.82. The number of nitrogens with one attached hydrogen (secondary N) is 2. The lowest BCUT2D eigenvalue weighted by molar-refractivity contribution is -0.158. The van der Waals surface area contributed by atoms with Crippen LogP contribution in [0.3, 0.4) is 0 Å². The van der Waals surface area contributed by atoms with Crippen molar-refractivity contribution in [3.05, 3.63) is 0 Å². The van der Waals surface area contributed by atoms with Gasteiger partial charge in [0, 0.05) is 13.1 Å². The predicted molar refractivity (Wildman–Crippen MR) is 85.8 cm³/mol. The summed E-state index contributed by atoms with van der Waals surface area (Å²) in [7, 11) is -3.95. The fraction of sp³-hybridized carbons (Fsp3) is 0.857. The number of hydrogen-bond acceptors (Lipinski definition) is 5. The molecule has 2 atom stereocenters. The molecule has 1 rings (SSSR count). The van der Waals surface area contributed by atoms with Crippen LogP contribution >= 0.6 is 0 Å². The molecule has 1 fully saturated rings. The molecule has 0 radical (unpaired) electrons. The number of rotatable bonds is 6. The zero-order valence-electron chi connectivity index (χ0n) is 14.4. The highest BCUT2D eigenvalue weighted by atomic mass is 32.2. The van der Waals surface area contributed by atoms with Crippen molar-refractivity contribution in [3.8, 4) is 0 Å². The molecule has 0 bridgehead atoms. The van der Waals surface area contributed by atoms with Gasteiger partial charge in [-0.2, -0.15) is 17.4 Å². The summed E-state index contributed by atoms with van der Waals surface area (Å²) in [5.74, 6) is -0.977. The maximum Gasteiger partial charge on any atom is 0.325 e. The second-order valence-corrected chi connectivity index (χ2v) is 8.20. The lowest BCUT2D eigenvalue weighted by Gasteiger charge is -2.27. The third-order valence-electron chi connectivity index (χ3n) is 3.26. The Morgan fingerprint density at radius 2 is 1.96 bits per heavy atom. The van der Waals surface area contributed by atoms with Gasteiger partial charge in [0.05, 0.1) is 6.04 Å². The predicted octanol–water partition coefficient (Wildman–Crippen LogP) is 0.152. The minimum Gasteiger partial charge on any atom is -0.459 e. The first-order valence-corrected chi connectivity index (χ1v) is 9.21. The van der Waals surface area contributed by atoms with E-state index >= 15 is 0 Å². The van der Waals surface area contributed by atoms with Crippen molar-refractivity contribution in [3.63, 3.8) is 0 Å². The fourth-order valence-corrected chi connectivity index (χ4v) is 3.89. The van der Waals surface area contributed by atoms with Crippen molar-refractivity contribution in [1.82, 2.24) is 14.3 Å². The van der Waals surface area contributed by atoms with E-state index in [9.17, 15) is 18.0 Å². The molecule has 0 unspecified atom stereocenters. The third kappa shape index (κ3) is 5.74. The van der Waals surface area contributed by atoms with E-state index < -0.39 is 39.8 Å². The largest absolute Gasteiger partial charge is 0.459 e. The molecule has 0 aromatic rings. The molecule has 134 valence electrons. The van der Waals surface area contributed by atoms with E-state index in [2.05, 4.69) is 10.0 Å². The van der Waals surface area contributed by atoms with Gasteiger partial charge in [0.25, 0.3) is 10.2 Å². The quantitative estimate of drug-likeness (QED) is 0.664. The summed E-state index contributed by atoms with van der Waals surface area (Å²) in [6.45, 7) is 9.03. The number of nitrogens with zero attached hydrogens (tertiary/aromatic N) is 1. The number of hydrogen-bond donors (Lipinski definition) is 2. The lowest BCUT2D eigenvalue weighted by Crippen LogP contribution is -2.53. The Labute approximate surface area is 138 Å². The first kappa shape index (κ1) is 19.9. The van der Waals surface area contributed by atoms with Gasteiger partial charge < -0.3 is 10.1 Å². The fourth-order valence-electron chi connectivity index (χ4n) is 2.31. The maximum absolute atomic E-state index is 12.5. The smallest absolute Gasteiger partial charge is 0.325 e. The molecule has 0 spiro atoms. The van der Waals surface area contributed by atoms with Crippen LogP contribution in [0.25, 0.3) is 0 Å². The van der Waals surface area contributed by atoms with Gasteiger partial charge in [-0.1, -0.05) is 0 Å². The van der Waals surface area contributed by atoms with E-state index in [0.717, 1.165) is 4.31 Å². The Bertz CT molecular complexity index is 541. The van der Waals surface area contributed by atoms with Crippen LogP contribution in [0.5, 0.6) is 0 Å². The lowest BCUT2D eigenvalue weighted by atomic mass is 10.2. The van der Waals surface area contributed by atoms with Gasteiger partial charge in [-0.25, -0.2) is 0 Å². The summed E-state index contributed by atoms with van der Waals surface area (Å²) >= 11 is 0. The number of carbonyl (C=O) groups is 2. The van der Waals surface area contributed by atoms with Gasteiger partial charge in [-0.3, -0.25) is 9.59 Å². The number of esters is 1. The highest BCUT2D eigenvalue weighted by Gasteiger charge is 2.41. The van der Waals surface area contributed by atoms with Crippen molar-refractivity contribution in [2.24, 2.45) is 0 Å². The molecule has 9 heteroatoms. The molecule has 0 aromatic heterocycles. The van der Waals surface area contributed by atoms with Crippen molar-refractivity contribution in [2.45, 2.75) is 65.1 Å². The minimum absolute atomic E-state index is 0.224. The molecular weight excluding hydrogens is 322 g/mol. The summed E-state index contributed by atoms with van der Waals surface area (Å²) in [5, 5.41) is 2.55. The van der Waals surface area contributed by atoms with Gasteiger partial charge >= 0.3 is 5.97 Å². The Morgan fingerprint density at radius 3 is 2.48 bits per heavy atom. The molecule has 0 saturated carbocycles.